The molecule has 1 aromatic heterocycles. The average Bonchev–Trinajstić information content (AvgIpc) is 3.32. The lowest BCUT2D eigenvalue weighted by atomic mass is 9.99. The topological polar surface area (TPSA) is 106 Å². The van der Waals surface area contributed by atoms with Crippen LogP contribution in [0.25, 0.3) is 0 Å². The summed E-state index contributed by atoms with van der Waals surface area (Å²) in [4.78, 5) is 20.4. The Morgan fingerprint density at radius 3 is 2.70 bits per heavy atom. The van der Waals surface area contributed by atoms with E-state index in [1.54, 1.807) is 31.6 Å². The number of aliphatic imine (C=N–C) groups is 1. The number of carbonyl (C=O) groups is 1. The quantitative estimate of drug-likeness (QED) is 0.210. The Labute approximate surface area is 217 Å². The molecule has 0 radical (unpaired) electrons. The van der Waals surface area contributed by atoms with Crippen molar-refractivity contribution in [1.82, 2.24) is 20.6 Å². The van der Waals surface area contributed by atoms with Gasteiger partial charge in [-0.2, -0.15) is 10.4 Å². The maximum absolute atomic E-state index is 14.8. The largest absolute Gasteiger partial charge is 0.359 e. The van der Waals surface area contributed by atoms with Crippen molar-refractivity contribution in [2.45, 2.75) is 17.7 Å². The van der Waals surface area contributed by atoms with Gasteiger partial charge in [0.05, 0.1) is 5.56 Å². The van der Waals surface area contributed by atoms with E-state index >= 15 is 0 Å². The molecule has 0 aliphatic carbocycles. The van der Waals surface area contributed by atoms with Crippen LogP contribution in [0.1, 0.15) is 34.3 Å². The molecular formula is C26H23F2N7OS. The van der Waals surface area contributed by atoms with Gasteiger partial charge in [-0.15, -0.1) is 4.99 Å². The van der Waals surface area contributed by atoms with Gasteiger partial charge in [-0.1, -0.05) is 42.1 Å². The number of halogens is 2. The van der Waals surface area contributed by atoms with E-state index in [2.05, 4.69) is 25.7 Å². The van der Waals surface area contributed by atoms with Crippen molar-refractivity contribution in [2.24, 2.45) is 10.1 Å². The first-order chi connectivity index (χ1) is 18.0. The van der Waals surface area contributed by atoms with Crippen LogP contribution in [-0.2, 0) is 4.87 Å². The predicted octanol–water partition coefficient (Wildman–Crippen LogP) is 4.19. The summed E-state index contributed by atoms with van der Waals surface area (Å²) in [5, 5.41) is 20.8. The number of pyridine rings is 1. The van der Waals surface area contributed by atoms with E-state index in [0.29, 0.717) is 30.9 Å². The molecule has 2 aromatic carbocycles. The Morgan fingerprint density at radius 2 is 2.00 bits per heavy atom. The first kappa shape index (κ1) is 25.8. The lowest BCUT2D eigenvalue weighted by Gasteiger charge is -2.36. The van der Waals surface area contributed by atoms with E-state index < -0.39 is 22.4 Å². The first-order valence-electron chi connectivity index (χ1n) is 11.4. The Kier molecular flexibility index (Phi) is 8.10. The lowest BCUT2D eigenvalue weighted by molar-refractivity contribution is 0.0637. The minimum atomic E-state index is -1.06. The number of benzene rings is 2. The summed E-state index contributed by atoms with van der Waals surface area (Å²) >= 11 is 1.20. The number of nitrogens with one attached hydrogen (secondary N) is 2. The zero-order chi connectivity index (χ0) is 26.3. The van der Waals surface area contributed by atoms with E-state index in [1.165, 1.54) is 23.0 Å². The molecule has 3 aromatic rings. The van der Waals surface area contributed by atoms with Gasteiger partial charge in [-0.05, 0) is 48.7 Å². The van der Waals surface area contributed by atoms with Crippen LogP contribution in [0, 0.1) is 23.1 Å². The van der Waals surface area contributed by atoms with Crippen molar-refractivity contribution in [3.8, 4) is 6.19 Å². The second kappa shape index (κ2) is 11.6. The Balaban J connectivity index is 1.76. The maximum Gasteiger partial charge on any atom is 0.277 e. The fourth-order valence-corrected chi connectivity index (χ4v) is 5.36. The predicted molar refractivity (Wildman–Crippen MR) is 138 cm³/mol. The molecule has 0 saturated heterocycles. The molecule has 0 spiro atoms. The second-order valence-corrected chi connectivity index (χ2v) is 9.25. The van der Waals surface area contributed by atoms with Crippen LogP contribution < -0.4 is 10.6 Å². The zero-order valence-electron chi connectivity index (χ0n) is 19.9. The number of nitriles is 1. The van der Waals surface area contributed by atoms with Gasteiger partial charge in [-0.25, -0.2) is 13.8 Å². The molecule has 1 aliphatic heterocycles. The van der Waals surface area contributed by atoms with Gasteiger partial charge in [0, 0.05) is 31.5 Å². The van der Waals surface area contributed by atoms with Gasteiger partial charge in [-0.3, -0.25) is 9.78 Å². The number of amides is 1. The highest BCUT2D eigenvalue weighted by molar-refractivity contribution is 8.15. The molecule has 1 unspecified atom stereocenters. The van der Waals surface area contributed by atoms with E-state index in [4.69, 9.17) is 5.26 Å². The van der Waals surface area contributed by atoms with Crippen molar-refractivity contribution in [3.05, 3.63) is 101 Å². The average molecular weight is 520 g/mol. The second-order valence-electron chi connectivity index (χ2n) is 7.98. The van der Waals surface area contributed by atoms with Crippen LogP contribution in [0.3, 0.4) is 0 Å². The Bertz CT molecular complexity index is 1360. The molecule has 8 nitrogen and oxygen atoms in total. The summed E-state index contributed by atoms with van der Waals surface area (Å²) in [6.45, 7) is 0.426. The van der Waals surface area contributed by atoms with Gasteiger partial charge in [0.15, 0.2) is 0 Å². The molecule has 0 fully saturated rings. The van der Waals surface area contributed by atoms with Gasteiger partial charge < -0.3 is 10.6 Å². The number of hydrogen-bond donors (Lipinski definition) is 2. The highest BCUT2D eigenvalue weighted by atomic mass is 32.2. The number of hydrogen-bond acceptors (Lipinski definition) is 6. The summed E-state index contributed by atoms with van der Waals surface area (Å²) in [6.07, 6.45) is 5.65. The maximum atomic E-state index is 14.8. The summed E-state index contributed by atoms with van der Waals surface area (Å²) in [6, 6.07) is 15.7. The molecule has 37 heavy (non-hydrogen) atoms. The lowest BCUT2D eigenvalue weighted by Crippen LogP contribution is -2.42. The van der Waals surface area contributed by atoms with Gasteiger partial charge in [0.2, 0.25) is 12.2 Å². The number of rotatable bonds is 7. The number of carbonyl (C=O) groups excluding carboxylic acids is 1. The smallest absolute Gasteiger partial charge is 0.277 e. The zero-order valence-corrected chi connectivity index (χ0v) is 20.7. The highest BCUT2D eigenvalue weighted by Gasteiger charge is 2.49. The van der Waals surface area contributed by atoms with Crippen molar-refractivity contribution in [2.75, 3.05) is 13.6 Å². The molecule has 1 atom stereocenters. The van der Waals surface area contributed by atoms with Crippen LogP contribution >= 0.6 is 11.8 Å². The van der Waals surface area contributed by atoms with Gasteiger partial charge in [0.1, 0.15) is 21.5 Å². The number of aromatic nitrogens is 1. The third-order valence-electron chi connectivity index (χ3n) is 5.67. The monoisotopic (exact) mass is 519 g/mol. The fraction of sp³-hybridized carbons (Fsp3) is 0.192. The van der Waals surface area contributed by atoms with Crippen molar-refractivity contribution < 1.29 is 13.6 Å². The number of nitrogens with zero attached hydrogens (tertiary/aromatic N) is 5. The number of hydrazone groups is 1. The third kappa shape index (κ3) is 5.59. The summed E-state index contributed by atoms with van der Waals surface area (Å²) in [5.74, 6) is -1.36. The Hall–Kier alpha value is -4.30. The number of thioether (sulfide) groups is 1. The molecule has 2 N–H and O–H groups in total. The van der Waals surface area contributed by atoms with E-state index in [1.807, 2.05) is 30.3 Å². The molecule has 11 heteroatoms. The summed E-state index contributed by atoms with van der Waals surface area (Å²) in [7, 11) is 1.64. The van der Waals surface area contributed by atoms with Crippen LogP contribution in [0.15, 0.2) is 83.2 Å². The van der Waals surface area contributed by atoms with Crippen LogP contribution in [0.4, 0.5) is 8.78 Å². The van der Waals surface area contributed by atoms with E-state index in [-0.39, 0.29) is 10.6 Å². The summed E-state index contributed by atoms with van der Waals surface area (Å²) < 4.78 is 28.9. The molecule has 4 rings (SSSR count). The molecular weight excluding hydrogens is 496 g/mol. The van der Waals surface area contributed by atoms with Crippen molar-refractivity contribution >= 4 is 28.7 Å². The van der Waals surface area contributed by atoms with Gasteiger partial charge >= 0.3 is 0 Å². The molecule has 0 saturated carbocycles. The normalized spacial score (nSPS) is 17.2. The molecule has 1 amide bonds. The molecule has 1 aliphatic rings. The summed E-state index contributed by atoms with van der Waals surface area (Å²) in [5.41, 5.74) is 1.06. The van der Waals surface area contributed by atoms with Crippen LogP contribution in [-0.4, -0.2) is 40.5 Å². The molecule has 188 valence electrons. The molecule has 2 heterocycles. The third-order valence-corrected chi connectivity index (χ3v) is 7.11. The van der Waals surface area contributed by atoms with Crippen molar-refractivity contribution in [3.63, 3.8) is 0 Å². The van der Waals surface area contributed by atoms with Crippen molar-refractivity contribution in [1.29, 1.82) is 5.26 Å². The molecule has 0 bridgehead atoms. The number of guanidine groups is 1. The SMILES string of the molecule is CN/C(=N/C#N)NCCCC1(c2ccccc2)SC(c2cc(F)ccc2F)=NN1C(=O)c1cccnc1. The minimum absolute atomic E-state index is 0.0245. The highest BCUT2D eigenvalue weighted by Crippen LogP contribution is 2.51. The van der Waals surface area contributed by atoms with Gasteiger partial charge in [0.25, 0.3) is 5.91 Å². The minimum Gasteiger partial charge on any atom is -0.359 e. The fourth-order valence-electron chi connectivity index (χ4n) is 3.94. The van der Waals surface area contributed by atoms with E-state index in [0.717, 1.165) is 23.8 Å². The van der Waals surface area contributed by atoms with Crippen LogP contribution in [0.5, 0.6) is 0 Å². The first-order valence-corrected chi connectivity index (χ1v) is 12.2. The Morgan fingerprint density at radius 1 is 1.19 bits per heavy atom. The standard InChI is InChI=1S/C26H23F2N7OS/c1-30-25(33-17-29)32-14-6-12-26(19-8-3-2-4-9-19)35(24(36)18-7-5-13-31-16-18)34-23(37-26)21-15-20(27)10-11-22(21)28/h2-5,7-11,13,15-16H,6,12,14H2,1H3,(H2,30,32,33). The van der Waals surface area contributed by atoms with E-state index in [9.17, 15) is 13.6 Å². The van der Waals surface area contributed by atoms with Crippen LogP contribution in [0.2, 0.25) is 0 Å².